The van der Waals surface area contributed by atoms with E-state index in [4.69, 9.17) is 25.5 Å². The molecule has 0 unspecified atom stereocenters. The zero-order valence-corrected chi connectivity index (χ0v) is 13.8. The average Bonchev–Trinajstić information content (AvgIpc) is 2.45. The molecule has 0 heterocycles. The van der Waals surface area contributed by atoms with E-state index >= 15 is 0 Å². The van der Waals surface area contributed by atoms with Gasteiger partial charge in [0.1, 0.15) is 28.7 Å². The lowest BCUT2D eigenvalue weighted by Gasteiger charge is -2.04. The Kier molecular flexibility index (Phi) is 6.14. The van der Waals surface area contributed by atoms with E-state index in [0.717, 1.165) is 6.07 Å². The molecule has 2 aromatic carbocycles. The van der Waals surface area contributed by atoms with Crippen molar-refractivity contribution < 1.29 is 25.5 Å². The molecule has 0 aliphatic carbocycles. The van der Waals surface area contributed by atoms with E-state index in [1.54, 1.807) is 0 Å². The van der Waals surface area contributed by atoms with Gasteiger partial charge in [-0.1, -0.05) is 0 Å². The van der Waals surface area contributed by atoms with Crippen LogP contribution >= 0.6 is 50.5 Å². The summed E-state index contributed by atoms with van der Waals surface area (Å²) in [6.45, 7) is 0. The fourth-order valence-electron chi connectivity index (χ4n) is 1.18. The standard InChI is InChI=1S/C6H6O3S2.C6H6O2S2/c7-2-1-3(8)6(11)4(9)5(2)10;7-3-1-2-4(9)5(8)6(3)10/h1,7-11H;1-2,7-10H. The van der Waals surface area contributed by atoms with Crippen molar-refractivity contribution in [3.8, 4) is 28.7 Å². The molecule has 2 aromatic rings. The van der Waals surface area contributed by atoms with Crippen molar-refractivity contribution in [3.05, 3.63) is 18.2 Å². The first-order valence-corrected chi connectivity index (χ1v) is 7.04. The van der Waals surface area contributed by atoms with E-state index in [-0.39, 0.29) is 43.4 Å². The van der Waals surface area contributed by atoms with Crippen LogP contribution in [0.3, 0.4) is 0 Å². The number of hydrogen-bond donors (Lipinski definition) is 9. The van der Waals surface area contributed by atoms with Crippen LogP contribution in [0.15, 0.2) is 37.8 Å². The maximum atomic E-state index is 9.10. The van der Waals surface area contributed by atoms with Crippen LogP contribution in [0, 0.1) is 0 Å². The van der Waals surface area contributed by atoms with Crippen LogP contribution in [-0.2, 0) is 0 Å². The predicted molar refractivity (Wildman–Crippen MR) is 90.2 cm³/mol. The van der Waals surface area contributed by atoms with Crippen LogP contribution in [0.2, 0.25) is 0 Å². The highest BCUT2D eigenvalue weighted by atomic mass is 32.1. The van der Waals surface area contributed by atoms with Gasteiger partial charge in [-0.15, -0.1) is 50.5 Å². The van der Waals surface area contributed by atoms with Gasteiger partial charge < -0.3 is 25.5 Å². The minimum Gasteiger partial charge on any atom is -0.507 e. The lowest BCUT2D eigenvalue weighted by Crippen LogP contribution is -1.76. The first kappa shape index (κ1) is 17.9. The normalized spacial score (nSPS) is 9.90. The summed E-state index contributed by atoms with van der Waals surface area (Å²) in [4.78, 5) is 0.580. The van der Waals surface area contributed by atoms with Gasteiger partial charge in [0.15, 0.2) is 0 Å². The lowest BCUT2D eigenvalue weighted by molar-refractivity contribution is 0.395. The Balaban J connectivity index is 0.000000211. The molecule has 0 fully saturated rings. The summed E-state index contributed by atoms with van der Waals surface area (Å²) in [6, 6.07) is 3.97. The largest absolute Gasteiger partial charge is 0.507 e. The molecule has 0 aliphatic heterocycles. The molecular formula is C12H12O5S4. The summed E-state index contributed by atoms with van der Waals surface area (Å²) in [5.74, 6) is -1.01. The molecule has 2 rings (SSSR count). The minimum absolute atomic E-state index is 0.00722. The van der Waals surface area contributed by atoms with Crippen molar-refractivity contribution in [2.45, 2.75) is 19.6 Å². The number of thiol groups is 4. The van der Waals surface area contributed by atoms with Crippen molar-refractivity contribution in [3.63, 3.8) is 0 Å². The Morgan fingerprint density at radius 3 is 1.43 bits per heavy atom. The van der Waals surface area contributed by atoms with E-state index in [1.165, 1.54) is 12.1 Å². The Labute approximate surface area is 142 Å². The second kappa shape index (κ2) is 7.21. The number of aromatic hydroxyl groups is 5. The highest BCUT2D eigenvalue weighted by Gasteiger charge is 2.11. The highest BCUT2D eigenvalue weighted by molar-refractivity contribution is 7.81. The number of phenols is 5. The van der Waals surface area contributed by atoms with Gasteiger partial charge in [-0.25, -0.2) is 0 Å². The number of rotatable bonds is 0. The second-order valence-corrected chi connectivity index (χ2v) is 5.59. The molecule has 0 amide bonds. The van der Waals surface area contributed by atoms with Crippen molar-refractivity contribution in [1.29, 1.82) is 0 Å². The van der Waals surface area contributed by atoms with Crippen molar-refractivity contribution in [1.82, 2.24) is 0 Å². The van der Waals surface area contributed by atoms with Crippen molar-refractivity contribution >= 4 is 50.5 Å². The molecule has 0 saturated heterocycles. The van der Waals surface area contributed by atoms with Gasteiger partial charge in [-0.05, 0) is 12.1 Å². The predicted octanol–water partition coefficient (Wildman–Crippen LogP) is 3.06. The van der Waals surface area contributed by atoms with Gasteiger partial charge in [0, 0.05) is 11.0 Å². The molecule has 0 bridgehead atoms. The third-order valence-electron chi connectivity index (χ3n) is 2.32. The Morgan fingerprint density at radius 1 is 0.571 bits per heavy atom. The maximum Gasteiger partial charge on any atom is 0.149 e. The summed E-state index contributed by atoms with van der Waals surface area (Å²) in [5.41, 5.74) is 0. The summed E-state index contributed by atoms with van der Waals surface area (Å²) < 4.78 is 0. The van der Waals surface area contributed by atoms with Gasteiger partial charge >= 0.3 is 0 Å². The van der Waals surface area contributed by atoms with Crippen molar-refractivity contribution in [2.24, 2.45) is 0 Å². The summed E-state index contributed by atoms with van der Waals surface area (Å²) in [6.07, 6.45) is 0. The van der Waals surface area contributed by atoms with Crippen LogP contribution in [0.25, 0.3) is 0 Å². The van der Waals surface area contributed by atoms with E-state index in [1.807, 2.05) is 0 Å². The first-order valence-electron chi connectivity index (χ1n) is 5.25. The third kappa shape index (κ3) is 4.16. The van der Waals surface area contributed by atoms with Crippen LogP contribution in [0.4, 0.5) is 0 Å². The van der Waals surface area contributed by atoms with E-state index in [9.17, 15) is 0 Å². The van der Waals surface area contributed by atoms with E-state index in [0.29, 0.717) is 4.90 Å². The summed E-state index contributed by atoms with van der Waals surface area (Å²) in [7, 11) is 0. The number of hydrogen-bond acceptors (Lipinski definition) is 9. The zero-order chi connectivity index (χ0) is 16.3. The summed E-state index contributed by atoms with van der Waals surface area (Å²) >= 11 is 15.3. The Bertz CT molecular complexity index is 622. The molecule has 0 atom stereocenters. The van der Waals surface area contributed by atoms with Crippen LogP contribution in [0.5, 0.6) is 28.7 Å². The number of phenolic OH excluding ortho intramolecular Hbond substituents is 5. The molecule has 0 radical (unpaired) electrons. The van der Waals surface area contributed by atoms with Gasteiger partial charge in [-0.3, -0.25) is 0 Å². The molecule has 9 heteroatoms. The van der Waals surface area contributed by atoms with Crippen LogP contribution in [0.1, 0.15) is 0 Å². The third-order valence-corrected chi connectivity index (χ3v) is 4.00. The fourth-order valence-corrected chi connectivity index (χ4v) is 2.09. The van der Waals surface area contributed by atoms with Crippen LogP contribution < -0.4 is 0 Å². The zero-order valence-electron chi connectivity index (χ0n) is 10.3. The van der Waals surface area contributed by atoms with Gasteiger partial charge in [0.2, 0.25) is 0 Å². The molecular weight excluding hydrogens is 352 g/mol. The molecule has 5 N–H and O–H groups in total. The quantitative estimate of drug-likeness (QED) is 0.335. The Morgan fingerprint density at radius 2 is 1.00 bits per heavy atom. The summed E-state index contributed by atoms with van der Waals surface area (Å²) in [5, 5.41) is 45.1. The molecule has 0 aliphatic rings. The van der Waals surface area contributed by atoms with Gasteiger partial charge in [0.25, 0.3) is 0 Å². The van der Waals surface area contributed by atoms with Crippen LogP contribution in [-0.4, -0.2) is 25.5 Å². The SMILES string of the molecule is Oc1cc(O)c(S)c(O)c1S.Oc1ccc(S)c(O)c1S. The molecule has 0 saturated carbocycles. The number of benzene rings is 2. The lowest BCUT2D eigenvalue weighted by atomic mass is 10.3. The highest BCUT2D eigenvalue weighted by Crippen LogP contribution is 2.41. The molecule has 21 heavy (non-hydrogen) atoms. The topological polar surface area (TPSA) is 101 Å². The average molecular weight is 364 g/mol. The molecule has 0 aromatic heterocycles. The second-order valence-electron chi connectivity index (χ2n) is 3.76. The fraction of sp³-hybridized carbons (Fsp3) is 0. The maximum absolute atomic E-state index is 9.10. The van der Waals surface area contributed by atoms with Gasteiger partial charge in [-0.2, -0.15) is 0 Å². The molecule has 5 nitrogen and oxygen atoms in total. The smallest absolute Gasteiger partial charge is 0.149 e. The monoisotopic (exact) mass is 364 g/mol. The Hall–Kier alpha value is -1.16. The first-order chi connectivity index (χ1) is 9.66. The molecule has 114 valence electrons. The minimum atomic E-state index is -0.325. The van der Waals surface area contributed by atoms with E-state index < -0.39 is 0 Å². The molecule has 0 spiro atoms. The van der Waals surface area contributed by atoms with Crippen molar-refractivity contribution in [2.75, 3.05) is 0 Å². The van der Waals surface area contributed by atoms with E-state index in [2.05, 4.69) is 50.5 Å². The van der Waals surface area contributed by atoms with Gasteiger partial charge in [0.05, 0.1) is 14.7 Å².